The number of nitrogens with zero attached hydrogens (tertiary/aromatic N) is 2. The van der Waals surface area contributed by atoms with Crippen molar-refractivity contribution in [2.24, 2.45) is 10.4 Å². The summed E-state index contributed by atoms with van der Waals surface area (Å²) in [5, 5.41) is 3.49. The van der Waals surface area contributed by atoms with Gasteiger partial charge >= 0.3 is 0 Å². The summed E-state index contributed by atoms with van der Waals surface area (Å²) in [6.07, 6.45) is 13.2. The fourth-order valence-electron chi connectivity index (χ4n) is 3.90. The molecule has 0 aromatic heterocycles. The van der Waals surface area contributed by atoms with Gasteiger partial charge in [0.2, 0.25) is 0 Å². The van der Waals surface area contributed by atoms with Crippen LogP contribution >= 0.6 is 0 Å². The first-order chi connectivity index (χ1) is 9.81. The van der Waals surface area contributed by atoms with E-state index in [1.54, 1.807) is 5.57 Å². The molecule has 0 unspecified atom stereocenters. The molecular formula is C17H29N3. The highest BCUT2D eigenvalue weighted by atomic mass is 15.3. The van der Waals surface area contributed by atoms with E-state index >= 15 is 0 Å². The zero-order valence-corrected chi connectivity index (χ0v) is 13.0. The van der Waals surface area contributed by atoms with Crippen molar-refractivity contribution in [3.63, 3.8) is 0 Å². The third-order valence-electron chi connectivity index (χ3n) is 5.32. The fraction of sp³-hybridized carbons (Fsp3) is 0.824. The van der Waals surface area contributed by atoms with Gasteiger partial charge < -0.3 is 10.2 Å². The van der Waals surface area contributed by atoms with Gasteiger partial charge in [0.25, 0.3) is 0 Å². The number of aliphatic imine (C=N–C) groups is 1. The molecule has 0 aromatic rings. The van der Waals surface area contributed by atoms with Gasteiger partial charge in [0, 0.05) is 26.2 Å². The highest BCUT2D eigenvalue weighted by Gasteiger charge is 2.43. The van der Waals surface area contributed by atoms with Crippen LogP contribution in [-0.2, 0) is 0 Å². The molecule has 3 nitrogen and oxygen atoms in total. The zero-order valence-electron chi connectivity index (χ0n) is 13.0. The van der Waals surface area contributed by atoms with E-state index in [1.165, 1.54) is 58.0 Å². The lowest BCUT2D eigenvalue weighted by Gasteiger charge is -2.38. The van der Waals surface area contributed by atoms with Crippen molar-refractivity contribution in [3.05, 3.63) is 11.6 Å². The predicted molar refractivity (Wildman–Crippen MR) is 85.0 cm³/mol. The van der Waals surface area contributed by atoms with Crippen LogP contribution in [-0.4, -0.2) is 37.0 Å². The summed E-state index contributed by atoms with van der Waals surface area (Å²) in [4.78, 5) is 7.38. The number of guanidine groups is 1. The first-order valence-electron chi connectivity index (χ1n) is 8.52. The number of allylic oxidation sites excluding steroid dienone is 1. The first kappa shape index (κ1) is 14.0. The second-order valence-electron chi connectivity index (χ2n) is 6.77. The monoisotopic (exact) mass is 275 g/mol. The average Bonchev–Trinajstić information content (AvgIpc) is 3.06. The number of rotatable bonds is 4. The van der Waals surface area contributed by atoms with Crippen LogP contribution in [0.25, 0.3) is 0 Å². The summed E-state index contributed by atoms with van der Waals surface area (Å²) in [5.74, 6) is 1.16. The Kier molecular flexibility index (Phi) is 4.32. The zero-order chi connectivity index (χ0) is 13.8. The molecule has 112 valence electrons. The first-order valence-corrected chi connectivity index (χ1v) is 8.52. The van der Waals surface area contributed by atoms with E-state index in [0.717, 1.165) is 25.5 Å². The average molecular weight is 275 g/mol. The van der Waals surface area contributed by atoms with Crippen LogP contribution in [0.2, 0.25) is 0 Å². The lowest BCUT2D eigenvalue weighted by Crippen LogP contribution is -2.42. The van der Waals surface area contributed by atoms with E-state index in [4.69, 9.17) is 4.99 Å². The molecule has 2 fully saturated rings. The normalized spacial score (nSPS) is 24.9. The quantitative estimate of drug-likeness (QED) is 0.484. The van der Waals surface area contributed by atoms with Crippen molar-refractivity contribution in [2.45, 2.75) is 58.3 Å². The van der Waals surface area contributed by atoms with Gasteiger partial charge in [0.05, 0.1) is 0 Å². The van der Waals surface area contributed by atoms with E-state index < -0.39 is 0 Å². The molecule has 3 rings (SSSR count). The van der Waals surface area contributed by atoms with Crippen LogP contribution < -0.4 is 5.32 Å². The third kappa shape index (κ3) is 3.02. The summed E-state index contributed by atoms with van der Waals surface area (Å²) < 4.78 is 0. The molecule has 1 saturated heterocycles. The molecular weight excluding hydrogens is 246 g/mol. The van der Waals surface area contributed by atoms with Gasteiger partial charge in [0.1, 0.15) is 0 Å². The maximum absolute atomic E-state index is 4.87. The molecule has 1 aliphatic heterocycles. The van der Waals surface area contributed by atoms with Crippen molar-refractivity contribution in [3.8, 4) is 0 Å². The highest BCUT2D eigenvalue weighted by Crippen LogP contribution is 2.47. The van der Waals surface area contributed by atoms with Gasteiger partial charge in [-0.3, -0.25) is 4.99 Å². The largest absolute Gasteiger partial charge is 0.357 e. The number of likely N-dealkylation sites (tertiary alicyclic amines) is 1. The van der Waals surface area contributed by atoms with Crippen molar-refractivity contribution < 1.29 is 0 Å². The predicted octanol–water partition coefficient (Wildman–Crippen LogP) is 3.33. The second kappa shape index (κ2) is 6.19. The molecule has 20 heavy (non-hydrogen) atoms. The minimum Gasteiger partial charge on any atom is -0.357 e. The van der Waals surface area contributed by atoms with Gasteiger partial charge in [-0.15, -0.1) is 0 Å². The highest BCUT2D eigenvalue weighted by molar-refractivity contribution is 5.80. The Morgan fingerprint density at radius 2 is 2.25 bits per heavy atom. The van der Waals surface area contributed by atoms with Crippen molar-refractivity contribution in [1.29, 1.82) is 0 Å². The van der Waals surface area contributed by atoms with Crippen molar-refractivity contribution in [1.82, 2.24) is 10.2 Å². The summed E-state index contributed by atoms with van der Waals surface area (Å²) >= 11 is 0. The molecule has 3 aliphatic rings. The van der Waals surface area contributed by atoms with E-state index in [2.05, 4.69) is 23.2 Å². The van der Waals surface area contributed by atoms with Gasteiger partial charge in [-0.25, -0.2) is 0 Å². The topological polar surface area (TPSA) is 27.6 Å². The Morgan fingerprint density at radius 3 is 2.85 bits per heavy atom. The van der Waals surface area contributed by atoms with E-state index in [1.807, 2.05) is 0 Å². The number of hydrogen-bond donors (Lipinski definition) is 1. The van der Waals surface area contributed by atoms with Gasteiger partial charge in [-0.1, -0.05) is 18.1 Å². The molecule has 0 bridgehead atoms. The minimum absolute atomic E-state index is 0.657. The molecule has 0 radical (unpaired) electrons. The molecule has 0 amide bonds. The summed E-state index contributed by atoms with van der Waals surface area (Å²) in [5.41, 5.74) is 2.28. The lowest BCUT2D eigenvalue weighted by atomic mass is 9.68. The van der Waals surface area contributed by atoms with Crippen molar-refractivity contribution in [2.75, 3.05) is 26.2 Å². The number of nitrogens with one attached hydrogen (secondary N) is 1. The van der Waals surface area contributed by atoms with Crippen LogP contribution in [0.15, 0.2) is 16.6 Å². The Hall–Kier alpha value is -0.990. The molecule has 1 saturated carbocycles. The van der Waals surface area contributed by atoms with E-state index in [9.17, 15) is 0 Å². The molecule has 3 heteroatoms. The van der Waals surface area contributed by atoms with Gasteiger partial charge in [-0.05, 0) is 57.3 Å². The summed E-state index contributed by atoms with van der Waals surface area (Å²) in [6, 6.07) is 0. The summed E-state index contributed by atoms with van der Waals surface area (Å²) in [7, 11) is 0. The molecule has 1 heterocycles. The maximum atomic E-state index is 4.87. The Bertz CT molecular complexity index is 393. The lowest BCUT2D eigenvalue weighted by molar-refractivity contribution is 0.151. The van der Waals surface area contributed by atoms with Crippen LogP contribution in [0, 0.1) is 5.41 Å². The Balaban J connectivity index is 1.54. The second-order valence-corrected chi connectivity index (χ2v) is 6.77. The van der Waals surface area contributed by atoms with Crippen LogP contribution in [0.4, 0.5) is 0 Å². The van der Waals surface area contributed by atoms with Crippen molar-refractivity contribution >= 4 is 5.96 Å². The van der Waals surface area contributed by atoms with E-state index in [-0.39, 0.29) is 0 Å². The Labute approximate surface area is 123 Å². The van der Waals surface area contributed by atoms with Crippen LogP contribution in [0.1, 0.15) is 58.3 Å². The van der Waals surface area contributed by atoms with Gasteiger partial charge in [0.15, 0.2) is 5.96 Å². The molecule has 1 N–H and O–H groups in total. The number of hydrogen-bond acceptors (Lipinski definition) is 1. The maximum Gasteiger partial charge on any atom is 0.193 e. The molecule has 0 aromatic carbocycles. The Morgan fingerprint density at radius 1 is 1.35 bits per heavy atom. The van der Waals surface area contributed by atoms with Crippen LogP contribution in [0.5, 0.6) is 0 Å². The van der Waals surface area contributed by atoms with Gasteiger partial charge in [-0.2, -0.15) is 0 Å². The molecule has 0 atom stereocenters. The molecule has 2 aliphatic carbocycles. The molecule has 1 spiro atoms. The third-order valence-corrected chi connectivity index (χ3v) is 5.32. The standard InChI is InChI=1S/C17H29N3/c1-2-18-16(19-12-8-15-6-3-4-7-15)20-13-11-17(14-20)9-5-10-17/h6H,2-5,7-14H2,1H3,(H,18,19). The van der Waals surface area contributed by atoms with E-state index in [0.29, 0.717) is 5.41 Å². The summed E-state index contributed by atoms with van der Waals surface area (Å²) in [6.45, 7) is 6.54. The SMILES string of the molecule is CCNC(=NCCC1=CCCC1)N1CCC2(CCC2)C1. The van der Waals surface area contributed by atoms with Crippen LogP contribution in [0.3, 0.4) is 0 Å². The fourth-order valence-corrected chi connectivity index (χ4v) is 3.90. The minimum atomic E-state index is 0.657. The smallest absolute Gasteiger partial charge is 0.193 e.